The predicted octanol–water partition coefficient (Wildman–Crippen LogP) is 3.96. The van der Waals surface area contributed by atoms with Crippen LogP contribution < -0.4 is 15.4 Å². The Balaban J connectivity index is 1.48. The lowest BCUT2D eigenvalue weighted by molar-refractivity contribution is 0.197. The van der Waals surface area contributed by atoms with E-state index in [0.717, 1.165) is 24.5 Å². The van der Waals surface area contributed by atoms with Crippen molar-refractivity contribution in [2.24, 2.45) is 5.92 Å². The SMILES string of the molecule is O=C(NCC[C@@H]1CNC[C@H]1c1ccc(Cl)cc1)Oc1ccccc1F. The topological polar surface area (TPSA) is 50.4 Å². The van der Waals surface area contributed by atoms with Crippen LogP contribution in [0.25, 0.3) is 0 Å². The highest BCUT2D eigenvalue weighted by Crippen LogP contribution is 2.30. The zero-order chi connectivity index (χ0) is 17.6. The molecule has 6 heteroatoms. The molecule has 2 N–H and O–H groups in total. The summed E-state index contributed by atoms with van der Waals surface area (Å²) in [4.78, 5) is 11.8. The van der Waals surface area contributed by atoms with E-state index >= 15 is 0 Å². The monoisotopic (exact) mass is 362 g/mol. The smallest absolute Gasteiger partial charge is 0.407 e. The molecular formula is C19H20ClFN2O2. The number of para-hydroxylation sites is 1. The summed E-state index contributed by atoms with van der Waals surface area (Å²) in [5.41, 5.74) is 1.24. The molecule has 1 heterocycles. The summed E-state index contributed by atoms with van der Waals surface area (Å²) in [6, 6.07) is 13.7. The molecular weight excluding hydrogens is 343 g/mol. The average molecular weight is 363 g/mol. The van der Waals surface area contributed by atoms with Crippen LogP contribution in [0.15, 0.2) is 48.5 Å². The van der Waals surface area contributed by atoms with Gasteiger partial charge >= 0.3 is 6.09 Å². The first-order valence-electron chi connectivity index (χ1n) is 8.30. The lowest BCUT2D eigenvalue weighted by Gasteiger charge is -2.19. The molecule has 0 unspecified atom stereocenters. The van der Waals surface area contributed by atoms with Gasteiger partial charge in [0.1, 0.15) is 0 Å². The molecule has 0 aliphatic carbocycles. The summed E-state index contributed by atoms with van der Waals surface area (Å²) in [6.45, 7) is 2.28. The van der Waals surface area contributed by atoms with Gasteiger partial charge < -0.3 is 15.4 Å². The van der Waals surface area contributed by atoms with Crippen LogP contribution >= 0.6 is 11.6 Å². The fourth-order valence-corrected chi connectivity index (χ4v) is 3.29. The van der Waals surface area contributed by atoms with Crippen molar-refractivity contribution in [2.75, 3.05) is 19.6 Å². The number of carbonyl (C=O) groups is 1. The summed E-state index contributed by atoms with van der Waals surface area (Å²) in [6.07, 6.45) is 0.172. The van der Waals surface area contributed by atoms with Crippen LogP contribution in [0.1, 0.15) is 17.9 Å². The Bertz CT molecular complexity index is 724. The van der Waals surface area contributed by atoms with E-state index in [4.69, 9.17) is 16.3 Å². The van der Waals surface area contributed by atoms with Crippen LogP contribution in [-0.4, -0.2) is 25.7 Å². The molecule has 1 aliphatic rings. The van der Waals surface area contributed by atoms with Crippen LogP contribution in [-0.2, 0) is 0 Å². The lowest BCUT2D eigenvalue weighted by atomic mass is 9.87. The minimum atomic E-state index is -0.640. The number of halogens is 2. The van der Waals surface area contributed by atoms with Crippen molar-refractivity contribution >= 4 is 17.7 Å². The molecule has 4 nitrogen and oxygen atoms in total. The molecule has 1 amide bonds. The largest absolute Gasteiger partial charge is 0.412 e. The second-order valence-electron chi connectivity index (χ2n) is 6.11. The number of benzene rings is 2. The van der Waals surface area contributed by atoms with Gasteiger partial charge in [-0.25, -0.2) is 9.18 Å². The van der Waals surface area contributed by atoms with Crippen LogP contribution in [0.3, 0.4) is 0 Å². The minimum Gasteiger partial charge on any atom is -0.407 e. The van der Waals surface area contributed by atoms with E-state index in [9.17, 15) is 9.18 Å². The number of rotatable bonds is 5. The van der Waals surface area contributed by atoms with Crippen molar-refractivity contribution in [3.05, 3.63) is 64.9 Å². The summed E-state index contributed by atoms with van der Waals surface area (Å²) in [5, 5.41) is 6.81. The molecule has 1 aliphatic heterocycles. The molecule has 3 rings (SSSR count). The molecule has 2 atom stereocenters. The first kappa shape index (κ1) is 17.7. The standard InChI is InChI=1S/C19H20ClFN2O2/c20-15-7-5-13(6-8-15)16-12-22-11-14(16)9-10-23-19(24)25-18-4-2-1-3-17(18)21/h1-8,14,16,22H,9-12H2,(H,23,24)/t14-,16+/m1/s1. The van der Waals surface area contributed by atoms with Crippen molar-refractivity contribution in [2.45, 2.75) is 12.3 Å². The number of hydrogen-bond donors (Lipinski definition) is 2. The Kier molecular flexibility index (Phi) is 5.89. The van der Waals surface area contributed by atoms with E-state index in [2.05, 4.69) is 10.6 Å². The van der Waals surface area contributed by atoms with Gasteiger partial charge in [0.05, 0.1) is 0 Å². The number of nitrogens with one attached hydrogen (secondary N) is 2. The van der Waals surface area contributed by atoms with E-state index in [1.54, 1.807) is 12.1 Å². The van der Waals surface area contributed by atoms with Gasteiger partial charge in [-0.05, 0) is 48.7 Å². The average Bonchev–Trinajstić information content (AvgIpc) is 3.06. The summed E-state index contributed by atoms with van der Waals surface area (Å²) >= 11 is 5.95. The van der Waals surface area contributed by atoms with Crippen LogP contribution in [0.5, 0.6) is 5.75 Å². The van der Waals surface area contributed by atoms with Crippen molar-refractivity contribution in [1.29, 1.82) is 0 Å². The maximum Gasteiger partial charge on any atom is 0.412 e. The van der Waals surface area contributed by atoms with Gasteiger partial charge in [0, 0.05) is 24.0 Å². The number of carbonyl (C=O) groups excluding carboxylic acids is 1. The van der Waals surface area contributed by atoms with Crippen molar-refractivity contribution in [3.8, 4) is 5.75 Å². The summed E-state index contributed by atoms with van der Waals surface area (Å²) in [5.74, 6) is 0.179. The molecule has 0 aromatic heterocycles. The third-order valence-electron chi connectivity index (χ3n) is 4.46. The fraction of sp³-hybridized carbons (Fsp3) is 0.316. The van der Waals surface area contributed by atoms with Crippen molar-refractivity contribution < 1.29 is 13.9 Å². The summed E-state index contributed by atoms with van der Waals surface area (Å²) < 4.78 is 18.4. The van der Waals surface area contributed by atoms with Gasteiger partial charge in [0.15, 0.2) is 11.6 Å². The first-order chi connectivity index (χ1) is 12.1. The Morgan fingerprint density at radius 2 is 1.96 bits per heavy atom. The van der Waals surface area contributed by atoms with Gasteiger partial charge in [-0.1, -0.05) is 35.9 Å². The maximum atomic E-state index is 13.5. The van der Waals surface area contributed by atoms with E-state index in [1.807, 2.05) is 24.3 Å². The third-order valence-corrected chi connectivity index (χ3v) is 4.71. The summed E-state index contributed by atoms with van der Waals surface area (Å²) in [7, 11) is 0. The second kappa shape index (κ2) is 8.32. The van der Waals surface area contributed by atoms with Crippen molar-refractivity contribution in [3.63, 3.8) is 0 Å². The Hall–Kier alpha value is -2.11. The van der Waals surface area contributed by atoms with Gasteiger partial charge in [-0.3, -0.25) is 0 Å². The second-order valence-corrected chi connectivity index (χ2v) is 6.55. The Morgan fingerprint density at radius 3 is 2.72 bits per heavy atom. The van der Waals surface area contributed by atoms with Gasteiger partial charge in [0.2, 0.25) is 0 Å². The van der Waals surface area contributed by atoms with Gasteiger partial charge in [-0.15, -0.1) is 0 Å². The van der Waals surface area contributed by atoms with Crippen LogP contribution in [0.2, 0.25) is 5.02 Å². The van der Waals surface area contributed by atoms with Gasteiger partial charge in [0.25, 0.3) is 0 Å². The molecule has 1 fully saturated rings. The lowest BCUT2D eigenvalue weighted by Crippen LogP contribution is -2.30. The third kappa shape index (κ3) is 4.71. The van der Waals surface area contributed by atoms with E-state index in [-0.39, 0.29) is 5.75 Å². The predicted molar refractivity (Wildman–Crippen MR) is 95.6 cm³/mol. The quantitative estimate of drug-likeness (QED) is 0.846. The first-order valence-corrected chi connectivity index (χ1v) is 8.67. The normalized spacial score (nSPS) is 19.6. The molecule has 132 valence electrons. The minimum absolute atomic E-state index is 0.0680. The molecule has 0 bridgehead atoms. The highest BCUT2D eigenvalue weighted by molar-refractivity contribution is 6.30. The zero-order valence-electron chi connectivity index (χ0n) is 13.7. The fourth-order valence-electron chi connectivity index (χ4n) is 3.16. The number of amides is 1. The van der Waals surface area contributed by atoms with E-state index in [0.29, 0.717) is 18.4 Å². The van der Waals surface area contributed by atoms with Gasteiger partial charge in [-0.2, -0.15) is 0 Å². The molecule has 0 radical (unpaired) electrons. The van der Waals surface area contributed by atoms with Crippen LogP contribution in [0.4, 0.5) is 9.18 Å². The van der Waals surface area contributed by atoms with Crippen molar-refractivity contribution in [1.82, 2.24) is 10.6 Å². The highest BCUT2D eigenvalue weighted by atomic mass is 35.5. The molecule has 2 aromatic carbocycles. The molecule has 0 spiro atoms. The van der Waals surface area contributed by atoms with E-state index < -0.39 is 11.9 Å². The highest BCUT2D eigenvalue weighted by Gasteiger charge is 2.28. The zero-order valence-corrected chi connectivity index (χ0v) is 14.4. The van der Waals surface area contributed by atoms with Crippen LogP contribution in [0, 0.1) is 11.7 Å². The maximum absolute atomic E-state index is 13.5. The Morgan fingerprint density at radius 1 is 1.20 bits per heavy atom. The number of ether oxygens (including phenoxy) is 1. The molecule has 25 heavy (non-hydrogen) atoms. The number of hydrogen-bond acceptors (Lipinski definition) is 3. The Labute approximate surface area is 151 Å². The molecule has 0 saturated carbocycles. The molecule has 2 aromatic rings. The van der Waals surface area contributed by atoms with E-state index in [1.165, 1.54) is 17.7 Å². The molecule has 1 saturated heterocycles.